The van der Waals surface area contributed by atoms with Crippen molar-refractivity contribution in [3.05, 3.63) is 12.2 Å². The molecule has 0 heterocycles. The Morgan fingerprint density at radius 2 is 1.50 bits per heavy atom. The smallest absolute Gasteiger partial charge is 0.119 e. The molecular formula is C18H34O2. The molecule has 0 aromatic heterocycles. The molecular weight excluding hydrogens is 248 g/mol. The zero-order chi connectivity index (χ0) is 14.9. The van der Waals surface area contributed by atoms with Crippen molar-refractivity contribution < 1.29 is 9.90 Å². The number of unbranched alkanes of at least 4 members (excludes halogenated alkanes) is 9. The molecule has 0 saturated heterocycles. The zero-order valence-electron chi connectivity index (χ0n) is 13.4. The van der Waals surface area contributed by atoms with Crippen LogP contribution in [0.4, 0.5) is 0 Å². The number of carbonyl (C=O) groups excluding carboxylic acids is 1. The van der Waals surface area contributed by atoms with Gasteiger partial charge >= 0.3 is 0 Å². The summed E-state index contributed by atoms with van der Waals surface area (Å²) in [6.45, 7) is 2.21. The highest BCUT2D eigenvalue weighted by Crippen LogP contribution is 2.10. The fraction of sp³-hybridized carbons (Fsp3) is 0.833. The van der Waals surface area contributed by atoms with Gasteiger partial charge in [0.05, 0.1) is 6.10 Å². The number of hydrogen-bond acceptors (Lipinski definition) is 2. The Bertz CT molecular complexity index is 223. The molecule has 1 atom stereocenters. The van der Waals surface area contributed by atoms with Crippen LogP contribution in [-0.4, -0.2) is 17.5 Å². The van der Waals surface area contributed by atoms with E-state index in [-0.39, 0.29) is 6.10 Å². The van der Waals surface area contributed by atoms with Gasteiger partial charge in [-0.1, -0.05) is 64.0 Å². The summed E-state index contributed by atoms with van der Waals surface area (Å²) in [4.78, 5) is 10.1. The molecule has 0 rings (SSSR count). The molecule has 0 aromatic carbocycles. The van der Waals surface area contributed by atoms with Crippen LogP contribution < -0.4 is 0 Å². The van der Waals surface area contributed by atoms with Crippen LogP contribution >= 0.6 is 0 Å². The summed E-state index contributed by atoms with van der Waals surface area (Å²) in [5.41, 5.74) is 0. The Balaban J connectivity index is 3.23. The minimum atomic E-state index is -0.147. The first-order valence-corrected chi connectivity index (χ1v) is 8.58. The largest absolute Gasteiger partial charge is 0.393 e. The average molecular weight is 282 g/mol. The SMILES string of the molecule is CCCCCC[C@@H](O)CC=CCCCCCCCC=O. The van der Waals surface area contributed by atoms with Gasteiger partial charge < -0.3 is 9.90 Å². The molecule has 2 heteroatoms. The van der Waals surface area contributed by atoms with Gasteiger partial charge in [0, 0.05) is 6.42 Å². The van der Waals surface area contributed by atoms with Gasteiger partial charge in [0.25, 0.3) is 0 Å². The van der Waals surface area contributed by atoms with Crippen LogP contribution in [-0.2, 0) is 4.79 Å². The highest BCUT2D eigenvalue weighted by atomic mass is 16.3. The summed E-state index contributed by atoms with van der Waals surface area (Å²) < 4.78 is 0. The average Bonchev–Trinajstić information content (AvgIpc) is 2.45. The van der Waals surface area contributed by atoms with Crippen molar-refractivity contribution >= 4 is 6.29 Å². The Kier molecular flexibility index (Phi) is 15.9. The number of hydrogen-bond donors (Lipinski definition) is 1. The second-order valence-electron chi connectivity index (χ2n) is 5.72. The highest BCUT2D eigenvalue weighted by Gasteiger charge is 2.00. The maximum Gasteiger partial charge on any atom is 0.119 e. The molecule has 118 valence electrons. The van der Waals surface area contributed by atoms with Gasteiger partial charge in [-0.25, -0.2) is 0 Å². The molecule has 20 heavy (non-hydrogen) atoms. The Hall–Kier alpha value is -0.630. The maximum atomic E-state index is 10.1. The summed E-state index contributed by atoms with van der Waals surface area (Å²) in [6, 6.07) is 0. The van der Waals surface area contributed by atoms with Crippen molar-refractivity contribution in [1.82, 2.24) is 0 Å². The van der Waals surface area contributed by atoms with Gasteiger partial charge in [0.1, 0.15) is 6.29 Å². The van der Waals surface area contributed by atoms with E-state index in [0.29, 0.717) is 0 Å². The Morgan fingerprint density at radius 1 is 0.850 bits per heavy atom. The van der Waals surface area contributed by atoms with Crippen LogP contribution in [0.2, 0.25) is 0 Å². The number of aliphatic hydroxyl groups excluding tert-OH is 1. The van der Waals surface area contributed by atoms with E-state index in [4.69, 9.17) is 0 Å². The van der Waals surface area contributed by atoms with Crippen molar-refractivity contribution in [2.45, 2.75) is 96.5 Å². The molecule has 0 aliphatic rings. The molecule has 0 saturated carbocycles. The number of rotatable bonds is 15. The van der Waals surface area contributed by atoms with Crippen LogP contribution in [0.3, 0.4) is 0 Å². The van der Waals surface area contributed by atoms with Crippen LogP contribution in [0.1, 0.15) is 90.4 Å². The number of allylic oxidation sites excluding steroid dienone is 1. The molecule has 0 fully saturated rings. The predicted molar refractivity (Wildman–Crippen MR) is 86.9 cm³/mol. The second kappa shape index (κ2) is 16.4. The molecule has 0 aromatic rings. The van der Waals surface area contributed by atoms with Crippen LogP contribution in [0.15, 0.2) is 12.2 Å². The monoisotopic (exact) mass is 282 g/mol. The van der Waals surface area contributed by atoms with Crippen LogP contribution in [0.25, 0.3) is 0 Å². The van der Waals surface area contributed by atoms with Crippen molar-refractivity contribution in [3.8, 4) is 0 Å². The molecule has 0 amide bonds. The first-order chi connectivity index (χ1) is 9.81. The van der Waals surface area contributed by atoms with E-state index in [0.717, 1.165) is 44.8 Å². The summed E-state index contributed by atoms with van der Waals surface area (Å²) in [5.74, 6) is 0. The Labute approximate surface area is 125 Å². The van der Waals surface area contributed by atoms with Crippen LogP contribution in [0.5, 0.6) is 0 Å². The van der Waals surface area contributed by atoms with E-state index in [1.165, 1.54) is 44.9 Å². The van der Waals surface area contributed by atoms with E-state index in [1.807, 2.05) is 0 Å². The fourth-order valence-corrected chi connectivity index (χ4v) is 2.32. The van der Waals surface area contributed by atoms with Crippen molar-refractivity contribution in [2.24, 2.45) is 0 Å². The minimum absolute atomic E-state index is 0.147. The zero-order valence-corrected chi connectivity index (χ0v) is 13.4. The van der Waals surface area contributed by atoms with Gasteiger partial charge in [-0.3, -0.25) is 0 Å². The first kappa shape index (κ1) is 19.4. The lowest BCUT2D eigenvalue weighted by molar-refractivity contribution is -0.107. The van der Waals surface area contributed by atoms with E-state index >= 15 is 0 Å². The lowest BCUT2D eigenvalue weighted by atomic mass is 10.1. The molecule has 1 N–H and O–H groups in total. The van der Waals surface area contributed by atoms with Gasteiger partial charge in [0.2, 0.25) is 0 Å². The van der Waals surface area contributed by atoms with Gasteiger partial charge in [-0.2, -0.15) is 0 Å². The van der Waals surface area contributed by atoms with E-state index in [1.54, 1.807) is 0 Å². The first-order valence-electron chi connectivity index (χ1n) is 8.58. The van der Waals surface area contributed by atoms with Crippen LogP contribution in [0, 0.1) is 0 Å². The van der Waals surface area contributed by atoms with Crippen molar-refractivity contribution in [3.63, 3.8) is 0 Å². The quantitative estimate of drug-likeness (QED) is 0.255. The normalized spacial score (nSPS) is 12.9. The lowest BCUT2D eigenvalue weighted by Gasteiger charge is -2.07. The number of aliphatic hydroxyl groups is 1. The maximum absolute atomic E-state index is 10.1. The third kappa shape index (κ3) is 15.4. The molecule has 0 radical (unpaired) electrons. The molecule has 0 spiro atoms. The third-order valence-electron chi connectivity index (χ3n) is 3.66. The van der Waals surface area contributed by atoms with Gasteiger partial charge in [-0.05, 0) is 32.1 Å². The lowest BCUT2D eigenvalue weighted by Crippen LogP contribution is -2.04. The minimum Gasteiger partial charge on any atom is -0.393 e. The summed E-state index contributed by atoms with van der Waals surface area (Å²) >= 11 is 0. The summed E-state index contributed by atoms with van der Waals surface area (Å²) in [6.07, 6.45) is 19.7. The molecule has 2 nitrogen and oxygen atoms in total. The highest BCUT2D eigenvalue weighted by molar-refractivity contribution is 5.48. The Morgan fingerprint density at radius 3 is 2.20 bits per heavy atom. The van der Waals surface area contributed by atoms with E-state index in [2.05, 4.69) is 19.1 Å². The summed E-state index contributed by atoms with van der Waals surface area (Å²) in [7, 11) is 0. The fourth-order valence-electron chi connectivity index (χ4n) is 2.32. The number of carbonyl (C=O) groups is 1. The predicted octanol–water partition coefficient (Wildman–Crippen LogP) is 5.19. The van der Waals surface area contributed by atoms with Gasteiger partial charge in [0.15, 0.2) is 0 Å². The third-order valence-corrected chi connectivity index (χ3v) is 3.66. The molecule has 0 unspecified atom stereocenters. The topological polar surface area (TPSA) is 37.3 Å². The standard InChI is InChI=1S/C18H34O2/c1-2-3-4-12-15-18(20)16-13-10-8-6-5-7-9-11-14-17-19/h10,13,17-18,20H,2-9,11-12,14-16H2,1H3/t18-/m1/s1. The van der Waals surface area contributed by atoms with Crippen molar-refractivity contribution in [1.29, 1.82) is 0 Å². The van der Waals surface area contributed by atoms with E-state index < -0.39 is 0 Å². The molecule has 0 aliphatic heterocycles. The summed E-state index contributed by atoms with van der Waals surface area (Å²) in [5, 5.41) is 9.79. The van der Waals surface area contributed by atoms with E-state index in [9.17, 15) is 9.90 Å². The van der Waals surface area contributed by atoms with Gasteiger partial charge in [-0.15, -0.1) is 0 Å². The number of aldehydes is 1. The van der Waals surface area contributed by atoms with Crippen molar-refractivity contribution in [2.75, 3.05) is 0 Å². The molecule has 0 aliphatic carbocycles. The second-order valence-corrected chi connectivity index (χ2v) is 5.72. The molecule has 0 bridgehead atoms.